The first-order chi connectivity index (χ1) is 8.52. The van der Waals surface area contributed by atoms with Gasteiger partial charge in [0, 0.05) is 38.0 Å². The van der Waals surface area contributed by atoms with Crippen molar-refractivity contribution in [2.24, 2.45) is 0 Å². The molecule has 0 aliphatic carbocycles. The fourth-order valence-electron chi connectivity index (χ4n) is 1.89. The number of nitrogens with one attached hydrogen (secondary N) is 1. The number of hydrogen-bond acceptors (Lipinski definition) is 4. The molecule has 0 spiro atoms. The SMILES string of the molecule is CSCC(C)NC(=O)N1CCN(CC(=O)O)CC1. The zero-order chi connectivity index (χ0) is 13.5. The highest BCUT2D eigenvalue weighted by molar-refractivity contribution is 7.98. The van der Waals surface area contributed by atoms with E-state index in [1.54, 1.807) is 16.7 Å². The molecule has 0 aromatic carbocycles. The van der Waals surface area contributed by atoms with Crippen LogP contribution in [0, 0.1) is 0 Å². The smallest absolute Gasteiger partial charge is 0.317 e. The first-order valence-electron chi connectivity index (χ1n) is 6.01. The van der Waals surface area contributed by atoms with Gasteiger partial charge >= 0.3 is 12.0 Å². The lowest BCUT2D eigenvalue weighted by Gasteiger charge is -2.34. The van der Waals surface area contributed by atoms with Crippen LogP contribution in [-0.4, -0.2) is 77.7 Å². The van der Waals surface area contributed by atoms with Gasteiger partial charge in [0.2, 0.25) is 0 Å². The highest BCUT2D eigenvalue weighted by Crippen LogP contribution is 2.03. The minimum absolute atomic E-state index is 0.0495. The maximum absolute atomic E-state index is 11.9. The van der Waals surface area contributed by atoms with Gasteiger partial charge in [-0.3, -0.25) is 9.69 Å². The van der Waals surface area contributed by atoms with Crippen LogP contribution in [0.3, 0.4) is 0 Å². The number of carboxylic acid groups (broad SMARTS) is 1. The number of amides is 2. The predicted octanol–water partition coefficient (Wildman–Crippen LogP) is 0.150. The number of urea groups is 1. The number of carbonyl (C=O) groups excluding carboxylic acids is 1. The molecule has 6 nitrogen and oxygen atoms in total. The van der Waals surface area contributed by atoms with Gasteiger partial charge in [-0.1, -0.05) is 0 Å². The topological polar surface area (TPSA) is 72.9 Å². The van der Waals surface area contributed by atoms with Gasteiger partial charge < -0.3 is 15.3 Å². The molecule has 1 heterocycles. The van der Waals surface area contributed by atoms with Crippen LogP contribution in [0.5, 0.6) is 0 Å². The highest BCUT2D eigenvalue weighted by atomic mass is 32.2. The molecular weight excluding hydrogens is 254 g/mol. The second kappa shape index (κ2) is 7.48. The lowest BCUT2D eigenvalue weighted by molar-refractivity contribution is -0.138. The number of aliphatic carboxylic acids is 1. The van der Waals surface area contributed by atoms with Crippen LogP contribution >= 0.6 is 11.8 Å². The summed E-state index contributed by atoms with van der Waals surface area (Å²) in [5.41, 5.74) is 0. The molecule has 2 amide bonds. The molecule has 0 aromatic rings. The molecule has 0 saturated carbocycles. The quantitative estimate of drug-likeness (QED) is 0.747. The van der Waals surface area contributed by atoms with Gasteiger partial charge in [-0.2, -0.15) is 11.8 Å². The van der Waals surface area contributed by atoms with Crippen molar-refractivity contribution >= 4 is 23.8 Å². The summed E-state index contributed by atoms with van der Waals surface area (Å²) in [5.74, 6) is 0.0755. The first kappa shape index (κ1) is 15.1. The van der Waals surface area contributed by atoms with Gasteiger partial charge in [0.05, 0.1) is 6.54 Å². The molecule has 1 aliphatic heterocycles. The highest BCUT2D eigenvalue weighted by Gasteiger charge is 2.22. The summed E-state index contributed by atoms with van der Waals surface area (Å²) in [5, 5.41) is 11.6. The van der Waals surface area contributed by atoms with Crippen LogP contribution in [-0.2, 0) is 4.79 Å². The van der Waals surface area contributed by atoms with Crippen LogP contribution in [0.4, 0.5) is 4.79 Å². The van der Waals surface area contributed by atoms with Gasteiger partial charge in [0.1, 0.15) is 0 Å². The van der Waals surface area contributed by atoms with Crippen LogP contribution in [0.2, 0.25) is 0 Å². The zero-order valence-corrected chi connectivity index (χ0v) is 11.7. The Morgan fingerprint density at radius 2 is 1.94 bits per heavy atom. The Hall–Kier alpha value is -0.950. The maximum Gasteiger partial charge on any atom is 0.317 e. The molecule has 1 aliphatic rings. The summed E-state index contributed by atoms with van der Waals surface area (Å²) in [6.45, 7) is 4.46. The normalized spacial score (nSPS) is 18.4. The van der Waals surface area contributed by atoms with Crippen LogP contribution in [0.1, 0.15) is 6.92 Å². The lowest BCUT2D eigenvalue weighted by Crippen LogP contribution is -2.54. The number of piperazine rings is 1. The molecule has 104 valence electrons. The number of rotatable bonds is 5. The van der Waals surface area contributed by atoms with E-state index in [0.717, 1.165) is 5.75 Å². The van der Waals surface area contributed by atoms with Crippen molar-refractivity contribution in [1.82, 2.24) is 15.1 Å². The standard InChI is InChI=1S/C11H21N3O3S/c1-9(8-18-2)12-11(17)14-5-3-13(4-6-14)7-10(15)16/h9H,3-8H2,1-2H3,(H,12,17)(H,15,16). The summed E-state index contributed by atoms with van der Waals surface area (Å²) < 4.78 is 0. The minimum atomic E-state index is -0.818. The van der Waals surface area contributed by atoms with E-state index in [1.807, 2.05) is 18.1 Å². The monoisotopic (exact) mass is 275 g/mol. The summed E-state index contributed by atoms with van der Waals surface area (Å²) in [6, 6.07) is 0.107. The molecule has 1 fully saturated rings. The molecule has 2 N–H and O–H groups in total. The molecule has 0 bridgehead atoms. The molecular formula is C11H21N3O3S. The average molecular weight is 275 g/mol. The van der Waals surface area contributed by atoms with Gasteiger partial charge in [0.15, 0.2) is 0 Å². The summed E-state index contributed by atoms with van der Waals surface area (Å²) in [6.07, 6.45) is 2.01. The van der Waals surface area contributed by atoms with E-state index in [1.165, 1.54) is 0 Å². The third-order valence-electron chi connectivity index (χ3n) is 2.80. The summed E-state index contributed by atoms with van der Waals surface area (Å²) in [7, 11) is 0. The van der Waals surface area contributed by atoms with Crippen LogP contribution in [0.25, 0.3) is 0 Å². The Labute approximate surface area is 112 Å². The third kappa shape index (κ3) is 5.14. The molecule has 1 atom stereocenters. The van der Waals surface area contributed by atoms with Crippen molar-refractivity contribution in [3.8, 4) is 0 Å². The van der Waals surface area contributed by atoms with Crippen molar-refractivity contribution in [3.05, 3.63) is 0 Å². The Balaban J connectivity index is 2.29. The Kier molecular flexibility index (Phi) is 6.28. The van der Waals surface area contributed by atoms with E-state index in [-0.39, 0.29) is 18.6 Å². The van der Waals surface area contributed by atoms with Crippen molar-refractivity contribution in [2.45, 2.75) is 13.0 Å². The van der Waals surface area contributed by atoms with Crippen molar-refractivity contribution in [3.63, 3.8) is 0 Å². The summed E-state index contributed by atoms with van der Waals surface area (Å²) in [4.78, 5) is 26.0. The number of carbonyl (C=O) groups is 2. The average Bonchev–Trinajstić information content (AvgIpc) is 2.29. The molecule has 0 aromatic heterocycles. The fraction of sp³-hybridized carbons (Fsp3) is 0.818. The number of carboxylic acids is 1. The number of thioether (sulfide) groups is 1. The zero-order valence-electron chi connectivity index (χ0n) is 10.9. The predicted molar refractivity (Wildman–Crippen MR) is 72.0 cm³/mol. The van der Waals surface area contributed by atoms with E-state index in [9.17, 15) is 9.59 Å². The van der Waals surface area contributed by atoms with Gasteiger partial charge in [-0.05, 0) is 13.2 Å². The lowest BCUT2D eigenvalue weighted by atomic mass is 10.3. The van der Waals surface area contributed by atoms with Gasteiger partial charge in [-0.25, -0.2) is 4.79 Å². The Bertz CT molecular complexity index is 293. The maximum atomic E-state index is 11.9. The van der Waals surface area contributed by atoms with E-state index < -0.39 is 5.97 Å². The largest absolute Gasteiger partial charge is 0.480 e. The number of hydrogen-bond donors (Lipinski definition) is 2. The second-order valence-electron chi connectivity index (χ2n) is 4.46. The molecule has 18 heavy (non-hydrogen) atoms. The Morgan fingerprint density at radius 1 is 1.33 bits per heavy atom. The molecule has 1 rings (SSSR count). The number of nitrogens with zero attached hydrogens (tertiary/aromatic N) is 2. The molecule has 1 unspecified atom stereocenters. The van der Waals surface area contributed by atoms with E-state index in [0.29, 0.717) is 26.2 Å². The van der Waals surface area contributed by atoms with Gasteiger partial charge in [0.25, 0.3) is 0 Å². The van der Waals surface area contributed by atoms with Crippen LogP contribution < -0.4 is 5.32 Å². The minimum Gasteiger partial charge on any atom is -0.480 e. The van der Waals surface area contributed by atoms with E-state index >= 15 is 0 Å². The van der Waals surface area contributed by atoms with Crippen molar-refractivity contribution < 1.29 is 14.7 Å². The molecule has 0 radical (unpaired) electrons. The first-order valence-corrected chi connectivity index (χ1v) is 7.41. The second-order valence-corrected chi connectivity index (χ2v) is 5.37. The van der Waals surface area contributed by atoms with Crippen LogP contribution in [0.15, 0.2) is 0 Å². The Morgan fingerprint density at radius 3 is 2.44 bits per heavy atom. The molecule has 1 saturated heterocycles. The van der Waals surface area contributed by atoms with Crippen molar-refractivity contribution in [2.75, 3.05) is 44.7 Å². The van der Waals surface area contributed by atoms with Crippen molar-refractivity contribution in [1.29, 1.82) is 0 Å². The van der Waals surface area contributed by atoms with E-state index in [2.05, 4.69) is 5.32 Å². The third-order valence-corrected chi connectivity index (χ3v) is 3.64. The molecule has 7 heteroatoms. The summed E-state index contributed by atoms with van der Waals surface area (Å²) >= 11 is 1.70. The van der Waals surface area contributed by atoms with E-state index in [4.69, 9.17) is 5.11 Å². The fourth-order valence-corrected chi connectivity index (χ4v) is 2.48. The van der Waals surface area contributed by atoms with Gasteiger partial charge in [-0.15, -0.1) is 0 Å².